The Hall–Kier alpha value is -2.28. The van der Waals surface area contributed by atoms with Gasteiger partial charge in [-0.2, -0.15) is 0 Å². The van der Waals surface area contributed by atoms with Crippen LogP contribution >= 0.6 is 11.3 Å². The summed E-state index contributed by atoms with van der Waals surface area (Å²) in [7, 11) is 0. The highest BCUT2D eigenvalue weighted by Crippen LogP contribution is 2.19. The summed E-state index contributed by atoms with van der Waals surface area (Å²) in [5.41, 5.74) is 3.06. The van der Waals surface area contributed by atoms with Crippen LogP contribution in [0.4, 0.5) is 5.13 Å². The Morgan fingerprint density at radius 2 is 2.19 bits per heavy atom. The fraction of sp³-hybridized carbons (Fsp3) is 0.286. The second-order valence-electron chi connectivity index (χ2n) is 4.74. The number of carbonyl (C=O) groups is 1. The third-order valence-corrected chi connectivity index (χ3v) is 4.21. The molecule has 0 saturated heterocycles. The Morgan fingerprint density at radius 1 is 1.38 bits per heavy atom. The lowest BCUT2D eigenvalue weighted by atomic mass is 10.3. The van der Waals surface area contributed by atoms with E-state index in [0.717, 1.165) is 22.6 Å². The molecule has 0 aromatic carbocycles. The zero-order valence-electron chi connectivity index (χ0n) is 12.0. The van der Waals surface area contributed by atoms with E-state index in [2.05, 4.69) is 20.5 Å². The summed E-state index contributed by atoms with van der Waals surface area (Å²) >= 11 is 1.39. The van der Waals surface area contributed by atoms with Gasteiger partial charge in [-0.05, 0) is 31.9 Å². The van der Waals surface area contributed by atoms with Crippen LogP contribution < -0.4 is 5.32 Å². The number of nitrogens with one attached hydrogen (secondary N) is 1. The van der Waals surface area contributed by atoms with Crippen LogP contribution in [0.15, 0.2) is 18.3 Å². The van der Waals surface area contributed by atoms with Gasteiger partial charge in [-0.25, -0.2) is 4.98 Å². The molecule has 0 saturated carbocycles. The highest BCUT2D eigenvalue weighted by molar-refractivity contribution is 7.15. The summed E-state index contributed by atoms with van der Waals surface area (Å²) in [5.74, 6) is -0.218. The average molecular weight is 301 g/mol. The molecule has 0 aliphatic heterocycles. The fourth-order valence-corrected chi connectivity index (χ4v) is 2.87. The van der Waals surface area contributed by atoms with Crippen LogP contribution in [-0.4, -0.2) is 25.5 Å². The van der Waals surface area contributed by atoms with Gasteiger partial charge in [0.05, 0.1) is 5.69 Å². The first-order chi connectivity index (χ1) is 10.1. The SMILES string of the molecule is CCc1nnc(NC(=O)c2c(C)nc3c(C)cccn23)s1. The van der Waals surface area contributed by atoms with Gasteiger partial charge in [0.25, 0.3) is 5.91 Å². The van der Waals surface area contributed by atoms with Crippen LogP contribution in [0.25, 0.3) is 5.65 Å². The van der Waals surface area contributed by atoms with E-state index in [4.69, 9.17) is 0 Å². The molecule has 0 bridgehead atoms. The molecule has 21 heavy (non-hydrogen) atoms. The number of fused-ring (bicyclic) bond motifs is 1. The first-order valence-corrected chi connectivity index (χ1v) is 7.49. The second-order valence-corrected chi connectivity index (χ2v) is 5.80. The lowest BCUT2D eigenvalue weighted by Crippen LogP contribution is -2.15. The van der Waals surface area contributed by atoms with Gasteiger partial charge in [0.15, 0.2) is 0 Å². The third kappa shape index (κ3) is 2.40. The van der Waals surface area contributed by atoms with Gasteiger partial charge in [-0.3, -0.25) is 14.5 Å². The van der Waals surface area contributed by atoms with E-state index in [1.807, 2.05) is 43.5 Å². The Balaban J connectivity index is 1.98. The molecule has 7 heteroatoms. The molecule has 0 fully saturated rings. The van der Waals surface area contributed by atoms with Crippen LogP contribution in [-0.2, 0) is 6.42 Å². The minimum atomic E-state index is -0.218. The Bertz CT molecular complexity index is 820. The molecule has 0 aliphatic rings. The van der Waals surface area contributed by atoms with Crippen molar-refractivity contribution in [1.29, 1.82) is 0 Å². The number of pyridine rings is 1. The number of anilines is 1. The van der Waals surface area contributed by atoms with Crippen molar-refractivity contribution in [2.24, 2.45) is 0 Å². The average Bonchev–Trinajstić information content (AvgIpc) is 3.03. The molecule has 0 aliphatic carbocycles. The van der Waals surface area contributed by atoms with Gasteiger partial charge >= 0.3 is 0 Å². The van der Waals surface area contributed by atoms with Crippen LogP contribution in [0.1, 0.15) is 33.7 Å². The number of nitrogens with zero attached hydrogens (tertiary/aromatic N) is 4. The Morgan fingerprint density at radius 3 is 2.90 bits per heavy atom. The minimum absolute atomic E-state index is 0.218. The summed E-state index contributed by atoms with van der Waals surface area (Å²) < 4.78 is 1.81. The van der Waals surface area contributed by atoms with Crippen molar-refractivity contribution in [1.82, 2.24) is 19.6 Å². The number of hydrogen-bond acceptors (Lipinski definition) is 5. The van der Waals surface area contributed by atoms with Crippen molar-refractivity contribution in [3.8, 4) is 0 Å². The lowest BCUT2D eigenvalue weighted by Gasteiger charge is -2.03. The van der Waals surface area contributed by atoms with Crippen molar-refractivity contribution >= 4 is 28.0 Å². The van der Waals surface area contributed by atoms with E-state index in [9.17, 15) is 4.79 Å². The molecule has 3 rings (SSSR count). The van der Waals surface area contributed by atoms with Crippen molar-refractivity contribution in [2.75, 3.05) is 5.32 Å². The molecule has 0 unspecified atom stereocenters. The summed E-state index contributed by atoms with van der Waals surface area (Å²) in [6.07, 6.45) is 2.65. The zero-order valence-corrected chi connectivity index (χ0v) is 12.9. The Labute approximate surface area is 125 Å². The maximum Gasteiger partial charge on any atom is 0.276 e. The van der Waals surface area contributed by atoms with Crippen LogP contribution in [0.2, 0.25) is 0 Å². The Kier molecular flexibility index (Phi) is 3.42. The molecule has 6 nitrogen and oxygen atoms in total. The molecular weight excluding hydrogens is 286 g/mol. The topological polar surface area (TPSA) is 72.2 Å². The largest absolute Gasteiger partial charge is 0.295 e. The molecule has 3 heterocycles. The number of carbonyl (C=O) groups excluding carboxylic acids is 1. The van der Waals surface area contributed by atoms with E-state index in [1.165, 1.54) is 11.3 Å². The van der Waals surface area contributed by atoms with Gasteiger partial charge in [0.2, 0.25) is 5.13 Å². The quantitative estimate of drug-likeness (QED) is 0.807. The van der Waals surface area contributed by atoms with Crippen molar-refractivity contribution in [3.05, 3.63) is 40.3 Å². The smallest absolute Gasteiger partial charge is 0.276 e. The molecule has 0 atom stereocenters. The highest BCUT2D eigenvalue weighted by Gasteiger charge is 2.18. The number of rotatable bonds is 3. The maximum atomic E-state index is 12.5. The first-order valence-electron chi connectivity index (χ1n) is 6.68. The van der Waals surface area contributed by atoms with Crippen LogP contribution in [0.5, 0.6) is 0 Å². The van der Waals surface area contributed by atoms with Gasteiger partial charge in [-0.1, -0.05) is 24.3 Å². The van der Waals surface area contributed by atoms with Crippen molar-refractivity contribution in [2.45, 2.75) is 27.2 Å². The van der Waals surface area contributed by atoms with E-state index in [0.29, 0.717) is 16.5 Å². The van der Waals surface area contributed by atoms with Crippen LogP contribution in [0, 0.1) is 13.8 Å². The third-order valence-electron chi connectivity index (χ3n) is 3.22. The van der Waals surface area contributed by atoms with Crippen LogP contribution in [0.3, 0.4) is 0 Å². The summed E-state index contributed by atoms with van der Waals surface area (Å²) in [5, 5.41) is 12.2. The minimum Gasteiger partial charge on any atom is -0.295 e. The molecule has 0 spiro atoms. The molecule has 3 aromatic rings. The molecule has 1 amide bonds. The van der Waals surface area contributed by atoms with E-state index in [1.54, 1.807) is 0 Å². The number of amides is 1. The van der Waals surface area contributed by atoms with Gasteiger partial charge < -0.3 is 0 Å². The number of aromatic nitrogens is 4. The summed E-state index contributed by atoms with van der Waals surface area (Å²) in [4.78, 5) is 17.0. The maximum absolute atomic E-state index is 12.5. The number of hydrogen-bond donors (Lipinski definition) is 1. The van der Waals surface area contributed by atoms with Gasteiger partial charge in [-0.15, -0.1) is 10.2 Å². The first kappa shape index (κ1) is 13.7. The summed E-state index contributed by atoms with van der Waals surface area (Å²) in [6, 6.07) is 3.88. The standard InChI is InChI=1S/C14H15N5OS/c1-4-10-17-18-14(21-10)16-13(20)11-9(3)15-12-8(2)6-5-7-19(11)12/h5-7H,4H2,1-3H3,(H,16,18,20). The molecule has 3 aromatic heterocycles. The van der Waals surface area contributed by atoms with E-state index in [-0.39, 0.29) is 5.91 Å². The van der Waals surface area contributed by atoms with Crippen molar-refractivity contribution in [3.63, 3.8) is 0 Å². The normalized spacial score (nSPS) is 11.0. The van der Waals surface area contributed by atoms with E-state index >= 15 is 0 Å². The molecule has 0 radical (unpaired) electrons. The fourth-order valence-electron chi connectivity index (χ4n) is 2.19. The molecule has 1 N–H and O–H groups in total. The number of aryl methyl sites for hydroxylation is 3. The molecular formula is C14H15N5OS. The second kappa shape index (κ2) is 5.25. The highest BCUT2D eigenvalue weighted by atomic mass is 32.1. The molecule has 108 valence electrons. The monoisotopic (exact) mass is 301 g/mol. The predicted octanol–water partition coefficient (Wildman–Crippen LogP) is 2.62. The zero-order chi connectivity index (χ0) is 15.0. The lowest BCUT2D eigenvalue weighted by molar-refractivity contribution is 0.102. The van der Waals surface area contributed by atoms with E-state index < -0.39 is 0 Å². The summed E-state index contributed by atoms with van der Waals surface area (Å²) in [6.45, 7) is 5.81. The van der Waals surface area contributed by atoms with Gasteiger partial charge in [0.1, 0.15) is 16.3 Å². The van der Waals surface area contributed by atoms with Gasteiger partial charge in [0, 0.05) is 6.20 Å². The number of imidazole rings is 1. The van der Waals surface area contributed by atoms with Crippen molar-refractivity contribution < 1.29 is 4.79 Å². The predicted molar refractivity (Wildman–Crippen MR) is 81.9 cm³/mol.